The molecule has 7 nitrogen and oxygen atoms in total. The number of aromatic nitrogens is 2. The maximum Gasteiger partial charge on any atom is 0.319 e. The monoisotopic (exact) mass is 436 g/mol. The minimum absolute atomic E-state index is 0.0735. The molecule has 7 heteroatoms. The van der Waals surface area contributed by atoms with Gasteiger partial charge in [0.25, 0.3) is 0 Å². The van der Waals surface area contributed by atoms with Crippen molar-refractivity contribution in [1.82, 2.24) is 9.78 Å². The lowest BCUT2D eigenvalue weighted by Crippen LogP contribution is -2.38. The van der Waals surface area contributed by atoms with Crippen molar-refractivity contribution in [2.45, 2.75) is 57.7 Å². The molecule has 32 heavy (non-hydrogen) atoms. The summed E-state index contributed by atoms with van der Waals surface area (Å²) < 4.78 is 6.70. The molecule has 0 saturated carbocycles. The van der Waals surface area contributed by atoms with Crippen molar-refractivity contribution in [3.8, 4) is 0 Å². The Kier molecular flexibility index (Phi) is 5.97. The first-order chi connectivity index (χ1) is 15.2. The number of nitrogens with two attached hydrogens (primary N) is 1. The highest BCUT2D eigenvalue weighted by atomic mass is 16.5. The topological polar surface area (TPSA) is 93.6 Å². The van der Waals surface area contributed by atoms with Crippen molar-refractivity contribution in [2.24, 2.45) is 5.73 Å². The van der Waals surface area contributed by atoms with Crippen LogP contribution in [0.25, 0.3) is 10.9 Å². The van der Waals surface area contributed by atoms with Gasteiger partial charge in [-0.15, -0.1) is 0 Å². The average molecular weight is 437 g/mol. The Morgan fingerprint density at radius 3 is 2.81 bits per heavy atom. The van der Waals surface area contributed by atoms with Crippen LogP contribution in [0.3, 0.4) is 0 Å². The molecule has 1 heterocycles. The highest BCUT2D eigenvalue weighted by Crippen LogP contribution is 2.41. The van der Waals surface area contributed by atoms with Crippen LogP contribution in [0, 0.1) is 0 Å². The fourth-order valence-electron chi connectivity index (χ4n) is 4.61. The van der Waals surface area contributed by atoms with Crippen LogP contribution in [0.1, 0.15) is 49.9 Å². The lowest BCUT2D eigenvalue weighted by Gasteiger charge is -2.29. The summed E-state index contributed by atoms with van der Waals surface area (Å²) in [5.41, 5.74) is 11.2. The number of benzene rings is 2. The van der Waals surface area contributed by atoms with Crippen LogP contribution in [0.15, 0.2) is 42.6 Å². The molecule has 1 aliphatic carbocycles. The fourth-order valence-corrected chi connectivity index (χ4v) is 4.61. The number of rotatable bonds is 6. The van der Waals surface area contributed by atoms with E-state index in [-0.39, 0.29) is 18.1 Å². The zero-order valence-electron chi connectivity index (χ0n) is 19.2. The van der Waals surface area contributed by atoms with E-state index >= 15 is 0 Å². The van der Waals surface area contributed by atoms with E-state index < -0.39 is 12.1 Å². The van der Waals surface area contributed by atoms with Gasteiger partial charge in [0.05, 0.1) is 36.5 Å². The number of hydrogen-bond acceptors (Lipinski definition) is 4. The van der Waals surface area contributed by atoms with Gasteiger partial charge in [0, 0.05) is 18.7 Å². The highest BCUT2D eigenvalue weighted by Gasteiger charge is 2.33. The van der Waals surface area contributed by atoms with E-state index in [0.29, 0.717) is 6.54 Å². The number of aliphatic hydroxyl groups excluding tert-OH is 1. The van der Waals surface area contributed by atoms with Crippen molar-refractivity contribution in [2.75, 3.05) is 18.6 Å². The molecule has 2 atom stereocenters. The van der Waals surface area contributed by atoms with Crippen molar-refractivity contribution >= 4 is 22.6 Å². The second-order valence-electron chi connectivity index (χ2n) is 9.60. The van der Waals surface area contributed by atoms with Crippen molar-refractivity contribution in [3.05, 3.63) is 59.3 Å². The van der Waals surface area contributed by atoms with Gasteiger partial charge in [-0.25, -0.2) is 4.79 Å². The van der Waals surface area contributed by atoms with E-state index in [4.69, 9.17) is 10.5 Å². The smallest absolute Gasteiger partial charge is 0.319 e. The van der Waals surface area contributed by atoms with Crippen LogP contribution >= 0.6 is 0 Å². The zero-order valence-corrected chi connectivity index (χ0v) is 19.2. The number of methoxy groups -OCH3 is 1. The molecule has 2 amide bonds. The van der Waals surface area contributed by atoms with Gasteiger partial charge in [-0.1, -0.05) is 45.0 Å². The lowest BCUT2D eigenvalue weighted by molar-refractivity contribution is 0.0515. The van der Waals surface area contributed by atoms with Crippen LogP contribution < -0.4 is 10.6 Å². The van der Waals surface area contributed by atoms with Crippen LogP contribution in [0.2, 0.25) is 0 Å². The van der Waals surface area contributed by atoms with Crippen molar-refractivity contribution in [3.63, 3.8) is 0 Å². The van der Waals surface area contributed by atoms with Gasteiger partial charge in [0.2, 0.25) is 0 Å². The molecule has 0 saturated heterocycles. The summed E-state index contributed by atoms with van der Waals surface area (Å²) in [5, 5.41) is 15.5. The second kappa shape index (κ2) is 8.56. The Balaban J connectivity index is 1.72. The summed E-state index contributed by atoms with van der Waals surface area (Å²) in [6.45, 7) is 7.16. The summed E-state index contributed by atoms with van der Waals surface area (Å²) in [6.07, 6.45) is 2.93. The minimum Gasteiger partial charge on any atom is -0.389 e. The predicted molar refractivity (Wildman–Crippen MR) is 126 cm³/mol. The summed E-state index contributed by atoms with van der Waals surface area (Å²) in [7, 11) is 1.55. The molecular weight excluding hydrogens is 404 g/mol. The first-order valence-corrected chi connectivity index (χ1v) is 11.0. The molecule has 1 aliphatic rings. The van der Waals surface area contributed by atoms with Gasteiger partial charge in [-0.2, -0.15) is 5.10 Å². The molecule has 0 fully saturated rings. The Morgan fingerprint density at radius 2 is 2.12 bits per heavy atom. The molecule has 0 bridgehead atoms. The molecule has 3 aromatic rings. The van der Waals surface area contributed by atoms with Crippen LogP contribution in [0.5, 0.6) is 0 Å². The van der Waals surface area contributed by atoms with E-state index in [2.05, 4.69) is 44.1 Å². The largest absolute Gasteiger partial charge is 0.389 e. The second-order valence-corrected chi connectivity index (χ2v) is 9.60. The third-order valence-electron chi connectivity index (χ3n) is 6.20. The molecule has 0 radical (unpaired) electrons. The van der Waals surface area contributed by atoms with E-state index in [9.17, 15) is 9.90 Å². The number of aryl methyl sites for hydroxylation is 1. The molecule has 4 rings (SSSR count). The third-order valence-corrected chi connectivity index (χ3v) is 6.20. The maximum atomic E-state index is 12.7. The molecule has 170 valence electrons. The normalized spacial score (nSPS) is 16.8. The molecule has 0 spiro atoms. The van der Waals surface area contributed by atoms with Crippen LogP contribution in [0.4, 0.5) is 10.5 Å². The number of ether oxygens (including phenoxy) is 1. The summed E-state index contributed by atoms with van der Waals surface area (Å²) in [6, 6.07) is 11.7. The summed E-state index contributed by atoms with van der Waals surface area (Å²) >= 11 is 0. The van der Waals surface area contributed by atoms with E-state index in [1.54, 1.807) is 16.7 Å². The standard InChI is InChI=1S/C25H32N4O3/c1-25(2,3)17-9-10-19-16(12-17)8-11-23(19)29(24(26)31)22-7-5-6-21-20(22)14-28(27-21)13-18(30)15-32-4/h5-7,9-10,12,14,18,23,30H,8,11,13,15H2,1-4H3,(H2,26,31)/t18?,23-/m1/s1. The van der Waals surface area contributed by atoms with Crippen molar-refractivity contribution in [1.29, 1.82) is 0 Å². The van der Waals surface area contributed by atoms with E-state index in [0.717, 1.165) is 35.0 Å². The summed E-state index contributed by atoms with van der Waals surface area (Å²) in [5.74, 6) is 0. The van der Waals surface area contributed by atoms with Crippen LogP contribution in [-0.4, -0.2) is 40.7 Å². The van der Waals surface area contributed by atoms with Crippen LogP contribution in [-0.2, 0) is 23.1 Å². The quantitative estimate of drug-likeness (QED) is 0.613. The Labute approximate surface area is 188 Å². The number of fused-ring (bicyclic) bond motifs is 2. The van der Waals surface area contributed by atoms with E-state index in [1.165, 1.54) is 11.1 Å². The van der Waals surface area contributed by atoms with Gasteiger partial charge in [0.15, 0.2) is 0 Å². The molecule has 0 aliphatic heterocycles. The molecule has 1 aromatic heterocycles. The molecular formula is C25H32N4O3. The van der Waals surface area contributed by atoms with E-state index in [1.807, 2.05) is 24.4 Å². The molecule has 1 unspecified atom stereocenters. The van der Waals surface area contributed by atoms with Gasteiger partial charge < -0.3 is 15.6 Å². The number of amides is 2. The van der Waals surface area contributed by atoms with Gasteiger partial charge in [-0.05, 0) is 47.1 Å². The predicted octanol–water partition coefficient (Wildman–Crippen LogP) is 3.91. The number of carbonyl (C=O) groups is 1. The fraction of sp³-hybridized carbons (Fsp3) is 0.440. The first kappa shape index (κ1) is 22.3. The first-order valence-electron chi connectivity index (χ1n) is 11.0. The molecule has 2 aromatic carbocycles. The Hall–Kier alpha value is -2.90. The summed E-state index contributed by atoms with van der Waals surface area (Å²) in [4.78, 5) is 14.4. The maximum absolute atomic E-state index is 12.7. The SMILES string of the molecule is COCC(O)Cn1cc2c(N(C(N)=O)[C@@H]3CCc4cc(C(C)(C)C)ccc43)cccc2n1. The number of aliphatic hydroxyl groups is 1. The van der Waals surface area contributed by atoms with Crippen molar-refractivity contribution < 1.29 is 14.6 Å². The number of nitrogens with zero attached hydrogens (tertiary/aromatic N) is 3. The zero-order chi connectivity index (χ0) is 23.0. The van der Waals surface area contributed by atoms with Gasteiger partial charge in [-0.3, -0.25) is 9.58 Å². The number of hydrogen-bond donors (Lipinski definition) is 2. The minimum atomic E-state index is -0.663. The average Bonchev–Trinajstić information content (AvgIpc) is 3.31. The number of anilines is 1. The third kappa shape index (κ3) is 4.23. The Bertz CT molecular complexity index is 1130. The number of urea groups is 1. The lowest BCUT2D eigenvalue weighted by atomic mass is 9.85. The highest BCUT2D eigenvalue weighted by molar-refractivity contribution is 6.02. The Morgan fingerprint density at radius 1 is 1.34 bits per heavy atom. The number of carbonyl (C=O) groups excluding carboxylic acids is 1. The number of primary amides is 1. The van der Waals surface area contributed by atoms with Gasteiger partial charge >= 0.3 is 6.03 Å². The van der Waals surface area contributed by atoms with Gasteiger partial charge in [0.1, 0.15) is 0 Å². The molecule has 3 N–H and O–H groups in total.